The molecule has 2 rings (SSSR count). The molecule has 0 aliphatic carbocycles. The molecule has 4 nitrogen and oxygen atoms in total. The van der Waals surface area contributed by atoms with Crippen LogP contribution in [0.3, 0.4) is 0 Å². The fraction of sp³-hybridized carbons (Fsp3) is 0.250. The van der Waals surface area contributed by atoms with E-state index in [1.807, 2.05) is 36.4 Å². The summed E-state index contributed by atoms with van der Waals surface area (Å²) < 4.78 is 5.68. The van der Waals surface area contributed by atoms with Gasteiger partial charge in [-0.1, -0.05) is 26.0 Å². The maximum absolute atomic E-state index is 8.83. The average molecular weight is 267 g/mol. The lowest BCUT2D eigenvalue weighted by Crippen LogP contribution is -2.04. The Bertz CT molecular complexity index is 617. The van der Waals surface area contributed by atoms with Crippen molar-refractivity contribution in [2.75, 3.05) is 11.9 Å². The van der Waals surface area contributed by atoms with Gasteiger partial charge < -0.3 is 10.1 Å². The molecule has 0 amide bonds. The number of aromatic nitrogens is 1. The smallest absolute Gasteiger partial charge is 0.142 e. The fourth-order valence-corrected chi connectivity index (χ4v) is 1.64. The van der Waals surface area contributed by atoms with Crippen LogP contribution in [0.25, 0.3) is 0 Å². The van der Waals surface area contributed by atoms with Crippen molar-refractivity contribution in [3.05, 3.63) is 48.2 Å². The molecule has 0 saturated heterocycles. The van der Waals surface area contributed by atoms with Gasteiger partial charge in [0.1, 0.15) is 23.3 Å². The molecule has 102 valence electrons. The third-order valence-electron chi connectivity index (χ3n) is 2.55. The molecule has 0 bridgehead atoms. The van der Waals surface area contributed by atoms with E-state index in [2.05, 4.69) is 24.1 Å². The largest absolute Gasteiger partial charge is 0.493 e. The Morgan fingerprint density at radius 3 is 2.80 bits per heavy atom. The Morgan fingerprint density at radius 2 is 2.05 bits per heavy atom. The molecule has 1 N–H and O–H groups in total. The molecule has 0 aliphatic heterocycles. The summed E-state index contributed by atoms with van der Waals surface area (Å²) in [5.74, 6) is 1.95. The van der Waals surface area contributed by atoms with E-state index in [0.29, 0.717) is 24.0 Å². The summed E-state index contributed by atoms with van der Waals surface area (Å²) in [5.41, 5.74) is 1.27. The van der Waals surface area contributed by atoms with Crippen molar-refractivity contribution in [3.63, 3.8) is 0 Å². The highest BCUT2D eigenvalue weighted by atomic mass is 16.5. The summed E-state index contributed by atoms with van der Waals surface area (Å²) in [6.07, 6.45) is 0. The summed E-state index contributed by atoms with van der Waals surface area (Å²) in [6.45, 7) is 4.91. The Kier molecular flexibility index (Phi) is 4.56. The van der Waals surface area contributed by atoms with E-state index in [1.165, 1.54) is 0 Å². The third kappa shape index (κ3) is 3.99. The lowest BCUT2D eigenvalue weighted by atomic mass is 10.2. The van der Waals surface area contributed by atoms with Crippen LogP contribution in [0.2, 0.25) is 0 Å². The lowest BCUT2D eigenvalue weighted by molar-refractivity contribution is 0.271. The summed E-state index contributed by atoms with van der Waals surface area (Å²) in [5, 5.41) is 12.0. The van der Waals surface area contributed by atoms with E-state index >= 15 is 0 Å². The number of anilines is 2. The number of hydrogen-bond donors (Lipinski definition) is 1. The van der Waals surface area contributed by atoms with Crippen molar-refractivity contribution in [1.82, 2.24) is 4.98 Å². The molecule has 0 radical (unpaired) electrons. The van der Waals surface area contributed by atoms with E-state index in [9.17, 15) is 0 Å². The van der Waals surface area contributed by atoms with Crippen molar-refractivity contribution in [2.45, 2.75) is 13.8 Å². The number of pyridine rings is 1. The monoisotopic (exact) mass is 267 g/mol. The van der Waals surface area contributed by atoms with Gasteiger partial charge >= 0.3 is 0 Å². The number of rotatable bonds is 5. The molecule has 4 heteroatoms. The first-order valence-electron chi connectivity index (χ1n) is 6.54. The number of nitrogens with zero attached hydrogens (tertiary/aromatic N) is 2. The van der Waals surface area contributed by atoms with Crippen LogP contribution in [0.15, 0.2) is 42.5 Å². The molecule has 0 unspecified atom stereocenters. The quantitative estimate of drug-likeness (QED) is 0.896. The zero-order chi connectivity index (χ0) is 14.4. The van der Waals surface area contributed by atoms with E-state index in [1.54, 1.807) is 12.1 Å². The number of nitrogens with one attached hydrogen (secondary N) is 1. The van der Waals surface area contributed by atoms with Crippen LogP contribution in [0.1, 0.15) is 19.5 Å². The molecular formula is C16H17N3O. The second-order valence-electron chi connectivity index (χ2n) is 4.88. The zero-order valence-corrected chi connectivity index (χ0v) is 11.6. The Balaban J connectivity index is 2.09. The van der Waals surface area contributed by atoms with Gasteiger partial charge in [0.25, 0.3) is 0 Å². The molecule has 1 aromatic carbocycles. The van der Waals surface area contributed by atoms with E-state index in [0.717, 1.165) is 11.4 Å². The Hall–Kier alpha value is -2.54. The second kappa shape index (κ2) is 6.58. The summed E-state index contributed by atoms with van der Waals surface area (Å²) in [7, 11) is 0. The predicted octanol–water partition coefficient (Wildman–Crippen LogP) is 3.73. The number of nitriles is 1. The zero-order valence-electron chi connectivity index (χ0n) is 11.6. The van der Waals surface area contributed by atoms with Crippen molar-refractivity contribution >= 4 is 11.5 Å². The molecule has 0 atom stereocenters. The van der Waals surface area contributed by atoms with Gasteiger partial charge in [-0.25, -0.2) is 4.98 Å². The van der Waals surface area contributed by atoms with Crippen LogP contribution in [-0.4, -0.2) is 11.6 Å². The van der Waals surface area contributed by atoms with E-state index in [4.69, 9.17) is 10.00 Å². The van der Waals surface area contributed by atoms with E-state index in [-0.39, 0.29) is 0 Å². The minimum Gasteiger partial charge on any atom is -0.493 e. The molecular weight excluding hydrogens is 250 g/mol. The van der Waals surface area contributed by atoms with Gasteiger partial charge in [-0.15, -0.1) is 0 Å². The van der Waals surface area contributed by atoms with Gasteiger partial charge in [0.15, 0.2) is 0 Å². The molecule has 0 fully saturated rings. The standard InChI is InChI=1S/C16H17N3O/c1-12(2)11-20-15-7-3-5-13(9-15)18-16-8-4-6-14(10-17)19-16/h3-9,12H,11H2,1-2H3,(H,18,19). The second-order valence-corrected chi connectivity index (χ2v) is 4.88. The summed E-state index contributed by atoms with van der Waals surface area (Å²) in [6, 6.07) is 15.0. The highest BCUT2D eigenvalue weighted by molar-refractivity contribution is 5.58. The van der Waals surface area contributed by atoms with Gasteiger partial charge in [-0.05, 0) is 30.2 Å². The van der Waals surface area contributed by atoms with Gasteiger partial charge in [0, 0.05) is 11.8 Å². The topological polar surface area (TPSA) is 57.9 Å². The first-order valence-corrected chi connectivity index (χ1v) is 6.54. The molecule has 20 heavy (non-hydrogen) atoms. The molecule has 2 aromatic rings. The highest BCUT2D eigenvalue weighted by Crippen LogP contribution is 2.21. The van der Waals surface area contributed by atoms with Crippen LogP contribution in [-0.2, 0) is 0 Å². The van der Waals surface area contributed by atoms with Crippen LogP contribution in [0.4, 0.5) is 11.5 Å². The van der Waals surface area contributed by atoms with Crippen LogP contribution in [0, 0.1) is 17.2 Å². The SMILES string of the molecule is CC(C)COc1cccc(Nc2cccc(C#N)n2)c1. The van der Waals surface area contributed by atoms with Gasteiger partial charge in [-0.2, -0.15) is 5.26 Å². The molecule has 0 saturated carbocycles. The number of ether oxygens (including phenoxy) is 1. The third-order valence-corrected chi connectivity index (χ3v) is 2.55. The molecule has 0 spiro atoms. The first-order chi connectivity index (χ1) is 9.67. The van der Waals surface area contributed by atoms with Gasteiger partial charge in [0.05, 0.1) is 6.61 Å². The minimum atomic E-state index is 0.391. The number of benzene rings is 1. The predicted molar refractivity (Wildman–Crippen MR) is 79.0 cm³/mol. The van der Waals surface area contributed by atoms with Crippen LogP contribution >= 0.6 is 0 Å². The van der Waals surface area contributed by atoms with Crippen molar-refractivity contribution in [2.24, 2.45) is 5.92 Å². The Labute approximate surface area is 119 Å². The average Bonchev–Trinajstić information content (AvgIpc) is 2.46. The van der Waals surface area contributed by atoms with Crippen molar-refractivity contribution in [1.29, 1.82) is 5.26 Å². The normalized spacial score (nSPS) is 10.1. The lowest BCUT2D eigenvalue weighted by Gasteiger charge is -2.11. The van der Waals surface area contributed by atoms with Crippen molar-refractivity contribution < 1.29 is 4.74 Å². The maximum Gasteiger partial charge on any atom is 0.142 e. The maximum atomic E-state index is 8.83. The minimum absolute atomic E-state index is 0.391. The molecule has 0 aliphatic rings. The van der Waals surface area contributed by atoms with Gasteiger partial charge in [0.2, 0.25) is 0 Å². The number of hydrogen-bond acceptors (Lipinski definition) is 4. The van der Waals surface area contributed by atoms with E-state index < -0.39 is 0 Å². The van der Waals surface area contributed by atoms with Gasteiger partial charge in [-0.3, -0.25) is 0 Å². The Morgan fingerprint density at radius 1 is 1.25 bits per heavy atom. The summed E-state index contributed by atoms with van der Waals surface area (Å²) in [4.78, 5) is 4.18. The first kappa shape index (κ1) is 13.9. The molecule has 1 aromatic heterocycles. The van der Waals surface area contributed by atoms with Crippen LogP contribution in [0.5, 0.6) is 5.75 Å². The highest BCUT2D eigenvalue weighted by Gasteiger charge is 2.01. The molecule has 1 heterocycles. The van der Waals surface area contributed by atoms with Crippen LogP contribution < -0.4 is 10.1 Å². The van der Waals surface area contributed by atoms with Crippen molar-refractivity contribution in [3.8, 4) is 11.8 Å². The fourth-order valence-electron chi connectivity index (χ4n) is 1.64. The summed E-state index contributed by atoms with van der Waals surface area (Å²) >= 11 is 0.